The molecule has 26 heavy (non-hydrogen) atoms. The Morgan fingerprint density at radius 3 is 2.58 bits per heavy atom. The number of carbonyl (C=O) groups is 2. The van der Waals surface area contributed by atoms with Crippen LogP contribution in [0.15, 0.2) is 42.5 Å². The first kappa shape index (κ1) is 17.8. The summed E-state index contributed by atoms with van der Waals surface area (Å²) in [5, 5.41) is 2.80. The van der Waals surface area contributed by atoms with Crippen LogP contribution in [0.4, 0.5) is 5.69 Å². The molecule has 0 fully saturated rings. The Morgan fingerprint density at radius 2 is 1.77 bits per heavy atom. The Morgan fingerprint density at radius 1 is 1.00 bits per heavy atom. The third kappa shape index (κ3) is 4.99. The molecule has 0 aromatic heterocycles. The summed E-state index contributed by atoms with van der Waals surface area (Å²) in [5.74, 6) is 0.878. The third-order valence-electron chi connectivity index (χ3n) is 3.96. The van der Waals surface area contributed by atoms with E-state index < -0.39 is 5.97 Å². The van der Waals surface area contributed by atoms with Crippen LogP contribution in [0.2, 0.25) is 0 Å². The number of hydrogen-bond donors (Lipinski definition) is 1. The van der Waals surface area contributed by atoms with E-state index in [1.807, 2.05) is 37.3 Å². The van der Waals surface area contributed by atoms with Gasteiger partial charge in [0.05, 0.1) is 0 Å². The lowest BCUT2D eigenvalue weighted by Gasteiger charge is -2.17. The number of amides is 1. The molecule has 1 aliphatic heterocycles. The smallest absolute Gasteiger partial charge is 0.344 e. The van der Waals surface area contributed by atoms with Gasteiger partial charge in [0.15, 0.2) is 6.61 Å². The molecule has 0 atom stereocenters. The lowest BCUT2D eigenvalue weighted by Crippen LogP contribution is -2.20. The van der Waals surface area contributed by atoms with Gasteiger partial charge in [0, 0.05) is 12.1 Å². The molecule has 1 amide bonds. The second kappa shape index (κ2) is 8.38. The van der Waals surface area contributed by atoms with Crippen molar-refractivity contribution < 1.29 is 23.8 Å². The first-order valence-corrected chi connectivity index (χ1v) is 8.51. The molecule has 0 radical (unpaired) electrons. The molecule has 1 heterocycles. The molecule has 0 unspecified atom stereocenters. The highest BCUT2D eigenvalue weighted by atomic mass is 16.6. The second-order valence-corrected chi connectivity index (χ2v) is 6.04. The standard InChI is InChI=1S/C20H21NO5/c1-14-2-5-16(6-3-14)24-10-11-25-20(23)13-26-17-7-8-18-15(12-17)4-9-19(22)21-18/h2-3,5-8,12H,4,9-11,13H2,1H3,(H,21,22). The predicted molar refractivity (Wildman–Crippen MR) is 96.5 cm³/mol. The van der Waals surface area contributed by atoms with Gasteiger partial charge in [-0.15, -0.1) is 0 Å². The second-order valence-electron chi connectivity index (χ2n) is 6.04. The molecular formula is C20H21NO5. The number of fused-ring (bicyclic) bond motifs is 1. The molecule has 0 bridgehead atoms. The molecule has 3 rings (SSSR count). The molecule has 136 valence electrons. The van der Waals surface area contributed by atoms with Crippen molar-refractivity contribution in [2.45, 2.75) is 19.8 Å². The van der Waals surface area contributed by atoms with Crippen LogP contribution >= 0.6 is 0 Å². The van der Waals surface area contributed by atoms with Gasteiger partial charge in [0.2, 0.25) is 5.91 Å². The van der Waals surface area contributed by atoms with E-state index in [4.69, 9.17) is 14.2 Å². The highest BCUT2D eigenvalue weighted by molar-refractivity contribution is 5.94. The van der Waals surface area contributed by atoms with Gasteiger partial charge in [-0.05, 0) is 49.2 Å². The Balaban J connectivity index is 1.37. The fourth-order valence-corrected chi connectivity index (χ4v) is 2.58. The first-order valence-electron chi connectivity index (χ1n) is 8.51. The van der Waals surface area contributed by atoms with Gasteiger partial charge < -0.3 is 19.5 Å². The molecule has 6 heteroatoms. The topological polar surface area (TPSA) is 73.9 Å². The summed E-state index contributed by atoms with van der Waals surface area (Å²) in [5.41, 5.74) is 2.96. The molecule has 0 saturated heterocycles. The van der Waals surface area contributed by atoms with Crippen molar-refractivity contribution in [3.63, 3.8) is 0 Å². The van der Waals surface area contributed by atoms with Crippen LogP contribution < -0.4 is 14.8 Å². The average molecular weight is 355 g/mol. The molecule has 1 aliphatic rings. The monoisotopic (exact) mass is 355 g/mol. The van der Waals surface area contributed by atoms with E-state index in [1.54, 1.807) is 12.1 Å². The van der Waals surface area contributed by atoms with Crippen LogP contribution in [0.3, 0.4) is 0 Å². The summed E-state index contributed by atoms with van der Waals surface area (Å²) in [7, 11) is 0. The van der Waals surface area contributed by atoms with Gasteiger partial charge in [-0.2, -0.15) is 0 Å². The molecule has 1 N–H and O–H groups in total. The minimum atomic E-state index is -0.455. The van der Waals surface area contributed by atoms with Crippen LogP contribution in [0, 0.1) is 6.92 Å². The summed E-state index contributed by atoms with van der Waals surface area (Å²) in [6, 6.07) is 13.0. The summed E-state index contributed by atoms with van der Waals surface area (Å²) < 4.78 is 16.0. The van der Waals surface area contributed by atoms with E-state index in [2.05, 4.69) is 5.32 Å². The van der Waals surface area contributed by atoms with Crippen molar-refractivity contribution in [1.29, 1.82) is 0 Å². The van der Waals surface area contributed by atoms with Gasteiger partial charge in [0.25, 0.3) is 0 Å². The number of aryl methyl sites for hydroxylation is 2. The van der Waals surface area contributed by atoms with Gasteiger partial charge in [-0.3, -0.25) is 4.79 Å². The van der Waals surface area contributed by atoms with E-state index in [-0.39, 0.29) is 25.7 Å². The molecule has 0 saturated carbocycles. The Labute approximate surface area is 152 Å². The van der Waals surface area contributed by atoms with Crippen LogP contribution in [0.1, 0.15) is 17.5 Å². The van der Waals surface area contributed by atoms with Gasteiger partial charge in [0.1, 0.15) is 24.7 Å². The van der Waals surface area contributed by atoms with Gasteiger partial charge in [-0.25, -0.2) is 4.79 Å². The summed E-state index contributed by atoms with van der Waals surface area (Å²) in [6.07, 6.45) is 1.12. The van der Waals surface area contributed by atoms with Crippen LogP contribution in [0.5, 0.6) is 11.5 Å². The largest absolute Gasteiger partial charge is 0.490 e. The third-order valence-corrected chi connectivity index (χ3v) is 3.96. The summed E-state index contributed by atoms with van der Waals surface area (Å²) in [4.78, 5) is 23.1. The molecule has 2 aromatic rings. The van der Waals surface area contributed by atoms with Crippen molar-refractivity contribution in [2.75, 3.05) is 25.1 Å². The van der Waals surface area contributed by atoms with Crippen molar-refractivity contribution in [1.82, 2.24) is 0 Å². The zero-order chi connectivity index (χ0) is 18.4. The summed E-state index contributed by atoms with van der Waals surface area (Å²) in [6.45, 7) is 2.28. The predicted octanol–water partition coefficient (Wildman–Crippen LogP) is 2.88. The number of rotatable bonds is 7. The van der Waals surface area contributed by atoms with Gasteiger partial charge in [-0.1, -0.05) is 17.7 Å². The van der Waals surface area contributed by atoms with E-state index in [9.17, 15) is 9.59 Å². The maximum absolute atomic E-state index is 11.7. The number of benzene rings is 2. The molecule has 0 aliphatic carbocycles. The van der Waals surface area contributed by atoms with E-state index in [0.717, 1.165) is 22.6 Å². The SMILES string of the molecule is Cc1ccc(OCCOC(=O)COc2ccc3c(c2)CCC(=O)N3)cc1. The number of anilines is 1. The van der Waals surface area contributed by atoms with E-state index in [0.29, 0.717) is 18.6 Å². The molecule has 0 spiro atoms. The Bertz CT molecular complexity index is 785. The van der Waals surface area contributed by atoms with E-state index in [1.165, 1.54) is 0 Å². The summed E-state index contributed by atoms with van der Waals surface area (Å²) >= 11 is 0. The number of carbonyl (C=O) groups excluding carboxylic acids is 2. The normalized spacial score (nSPS) is 12.7. The fraction of sp³-hybridized carbons (Fsp3) is 0.300. The number of hydrogen-bond acceptors (Lipinski definition) is 5. The van der Waals surface area contributed by atoms with Crippen molar-refractivity contribution in [3.05, 3.63) is 53.6 Å². The first-order chi connectivity index (χ1) is 12.6. The lowest BCUT2D eigenvalue weighted by atomic mass is 10.0. The zero-order valence-electron chi connectivity index (χ0n) is 14.6. The van der Waals surface area contributed by atoms with Crippen LogP contribution in [-0.4, -0.2) is 31.7 Å². The van der Waals surface area contributed by atoms with E-state index >= 15 is 0 Å². The highest BCUT2D eigenvalue weighted by Gasteiger charge is 2.15. The van der Waals surface area contributed by atoms with Crippen LogP contribution in [-0.2, 0) is 20.7 Å². The van der Waals surface area contributed by atoms with Crippen LogP contribution in [0.25, 0.3) is 0 Å². The number of esters is 1. The average Bonchev–Trinajstić information content (AvgIpc) is 2.65. The number of ether oxygens (including phenoxy) is 3. The maximum atomic E-state index is 11.7. The Hall–Kier alpha value is -3.02. The minimum absolute atomic E-state index is 0.0163. The van der Waals surface area contributed by atoms with Crippen molar-refractivity contribution in [2.24, 2.45) is 0 Å². The Kier molecular flexibility index (Phi) is 5.73. The highest BCUT2D eigenvalue weighted by Crippen LogP contribution is 2.26. The van der Waals surface area contributed by atoms with Crippen molar-refractivity contribution >= 4 is 17.6 Å². The molecule has 2 aromatic carbocycles. The van der Waals surface area contributed by atoms with Gasteiger partial charge >= 0.3 is 5.97 Å². The molecule has 6 nitrogen and oxygen atoms in total. The lowest BCUT2D eigenvalue weighted by molar-refractivity contribution is -0.146. The quantitative estimate of drug-likeness (QED) is 0.611. The maximum Gasteiger partial charge on any atom is 0.344 e. The molecular weight excluding hydrogens is 334 g/mol. The fourth-order valence-electron chi connectivity index (χ4n) is 2.58. The van der Waals surface area contributed by atoms with Crippen molar-refractivity contribution in [3.8, 4) is 11.5 Å². The minimum Gasteiger partial charge on any atom is -0.490 e. The zero-order valence-corrected chi connectivity index (χ0v) is 14.6. The number of nitrogens with one attached hydrogen (secondary N) is 1.